The molecule has 0 radical (unpaired) electrons. The van der Waals surface area contributed by atoms with Gasteiger partial charge in [-0.3, -0.25) is 9.59 Å². The number of hydrogen-bond acceptors (Lipinski definition) is 14. The molecule has 3 aromatic rings. The van der Waals surface area contributed by atoms with Gasteiger partial charge in [-0.2, -0.15) is 26.9 Å². The van der Waals surface area contributed by atoms with E-state index in [9.17, 15) is 35.7 Å². The predicted molar refractivity (Wildman–Crippen MR) is 165 cm³/mol. The van der Waals surface area contributed by atoms with Gasteiger partial charge in [0.15, 0.2) is 23.2 Å². The highest BCUT2D eigenvalue weighted by Gasteiger charge is 2.57. The lowest BCUT2D eigenvalue weighted by atomic mass is 9.84. The maximum Gasteiger partial charge on any atom is 0.490 e. The first kappa shape index (κ1) is 38.2. The fraction of sp³-hybridized carbons (Fsp3) is 0.481. The molecule has 2 fully saturated rings. The number of carboxylic acid groups (broad SMARTS) is 1. The van der Waals surface area contributed by atoms with E-state index in [0.29, 0.717) is 16.7 Å². The van der Waals surface area contributed by atoms with E-state index in [0.717, 1.165) is 42.9 Å². The Morgan fingerprint density at radius 3 is 2.56 bits per heavy atom. The smallest absolute Gasteiger partial charge is 0.490 e. The fourth-order valence-electron chi connectivity index (χ4n) is 5.13. The predicted octanol–water partition coefficient (Wildman–Crippen LogP) is 0.200. The van der Waals surface area contributed by atoms with Crippen molar-refractivity contribution in [3.05, 3.63) is 41.3 Å². The summed E-state index contributed by atoms with van der Waals surface area (Å²) in [5, 5.41) is 19.0. The molecule has 5 N–H and O–H groups in total. The molecular weight excluding hydrogens is 717 g/mol. The Kier molecular flexibility index (Phi) is 11.6. The number of carboxylic acids is 1. The first-order valence-corrected chi connectivity index (χ1v) is 16.9. The maximum absolute atomic E-state index is 13.1. The van der Waals surface area contributed by atoms with Gasteiger partial charge in [-0.25, -0.2) is 22.8 Å². The number of piperidine rings is 1. The minimum Gasteiger partial charge on any atom is -0.724 e. The zero-order valence-corrected chi connectivity index (χ0v) is 28.3. The quantitative estimate of drug-likeness (QED) is 0.0390. The Morgan fingerprint density at radius 2 is 2.00 bits per heavy atom. The zero-order chi connectivity index (χ0) is 37.0. The number of carbonyl (C=O) groups is 3. The molecule has 5 heterocycles. The standard InChI is InChI=1S/C25H32N8O8S2.C2HF3O2/c1-25(2)21(23(35)33(25)41-43(36,37)38)29-22(34)20(17-14-42-24(26)28-17)30-40-10-9-39-16-6-7-19-31(3)18(13-32(19)12-16)15-5-4-8-27-11-15;3-2(4,5)1(6)7/h6-7,12-15,21,27H,4-5,8-11H2,1-3H3,(H3-,26,28,29,34,36,37,38);(H,6,7)/b30-20-;. The number of hydrogen-bond donors (Lipinski definition) is 4. The molecule has 0 aromatic carbocycles. The van der Waals surface area contributed by atoms with Crippen LogP contribution in [-0.2, 0) is 41.0 Å². The molecule has 0 aliphatic carbocycles. The molecule has 18 nitrogen and oxygen atoms in total. The van der Waals surface area contributed by atoms with Gasteiger partial charge < -0.3 is 35.6 Å². The number of thiazole rings is 1. The lowest BCUT2D eigenvalue weighted by Crippen LogP contribution is -2.76. The summed E-state index contributed by atoms with van der Waals surface area (Å²) in [4.78, 5) is 43.9. The third-order valence-electron chi connectivity index (χ3n) is 7.58. The number of aromatic nitrogens is 3. The first-order valence-electron chi connectivity index (χ1n) is 14.7. The molecule has 2 aliphatic rings. The fourth-order valence-corrected chi connectivity index (χ4v) is 6.13. The third kappa shape index (κ3) is 9.15. The van der Waals surface area contributed by atoms with Crippen LogP contribution in [-0.4, -0.2) is 100 Å². The number of β-lactam (4-membered cyclic amide) rings is 1. The summed E-state index contributed by atoms with van der Waals surface area (Å²) >= 11 is 1.07. The molecule has 23 heteroatoms. The molecule has 3 aromatic heterocycles. The largest absolute Gasteiger partial charge is 0.724 e. The van der Waals surface area contributed by atoms with Crippen molar-refractivity contribution in [2.24, 2.45) is 12.2 Å². The molecule has 0 saturated carbocycles. The SMILES string of the molecule is Cn1c(C2CCCNC2)c[n+]2cc(OCCO/N=C(\C(=O)NC3C(=O)N(OS(=O)(=O)[O-])C3(C)C)c3csc(N)n3)ccc12.O=C(O)C(F)(F)F. The lowest BCUT2D eigenvalue weighted by Gasteiger charge is -2.51. The highest BCUT2D eigenvalue weighted by atomic mass is 32.3. The number of nitrogens with one attached hydrogen (secondary N) is 2. The molecule has 2 saturated heterocycles. The molecule has 2 atom stereocenters. The Morgan fingerprint density at radius 1 is 1.30 bits per heavy atom. The van der Waals surface area contributed by atoms with Gasteiger partial charge in [-0.05, 0) is 39.3 Å². The van der Waals surface area contributed by atoms with E-state index in [1.807, 2.05) is 22.7 Å². The number of aliphatic carboxylic acids is 1. The van der Waals surface area contributed by atoms with Crippen molar-refractivity contribution in [3.63, 3.8) is 0 Å². The second-order valence-electron chi connectivity index (χ2n) is 11.5. The van der Waals surface area contributed by atoms with Crippen LogP contribution < -0.4 is 25.5 Å². The second-order valence-corrected chi connectivity index (χ2v) is 13.3. The summed E-state index contributed by atoms with van der Waals surface area (Å²) in [6.07, 6.45) is 1.20. The van der Waals surface area contributed by atoms with Gasteiger partial charge in [0.25, 0.3) is 17.5 Å². The minimum absolute atomic E-state index is 0.0241. The van der Waals surface area contributed by atoms with Gasteiger partial charge >= 0.3 is 12.1 Å². The third-order valence-corrected chi connectivity index (χ3v) is 8.59. The van der Waals surface area contributed by atoms with E-state index in [2.05, 4.69) is 42.9 Å². The number of hydroxylamine groups is 2. The highest BCUT2D eigenvalue weighted by Crippen LogP contribution is 2.33. The van der Waals surface area contributed by atoms with Gasteiger partial charge in [-0.15, -0.1) is 11.3 Å². The van der Waals surface area contributed by atoms with Crippen molar-refractivity contribution in [1.82, 2.24) is 25.2 Å². The second kappa shape index (κ2) is 15.1. The van der Waals surface area contributed by atoms with Crippen LogP contribution in [0.15, 0.2) is 35.1 Å². The number of nitrogens with zero attached hydrogens (tertiary/aromatic N) is 5. The van der Waals surface area contributed by atoms with Crippen molar-refractivity contribution in [3.8, 4) is 5.75 Å². The molecule has 50 heavy (non-hydrogen) atoms. The van der Waals surface area contributed by atoms with Crippen molar-refractivity contribution < 1.29 is 63.9 Å². The molecule has 2 unspecified atom stereocenters. The number of carbonyl (C=O) groups excluding carboxylic acids is 2. The van der Waals surface area contributed by atoms with Crippen LogP contribution in [0.1, 0.15) is 44.0 Å². The summed E-state index contributed by atoms with van der Waals surface area (Å²) < 4.78 is 78.9. The minimum atomic E-state index is -5.19. The number of anilines is 1. The summed E-state index contributed by atoms with van der Waals surface area (Å²) in [7, 11) is -3.14. The Balaban J connectivity index is 0.000000727. The topological polar surface area (TPSA) is 244 Å². The molecule has 0 spiro atoms. The number of nitrogen functional groups attached to an aromatic ring is 1. The maximum atomic E-state index is 13.1. The van der Waals surface area contributed by atoms with E-state index in [4.69, 9.17) is 25.2 Å². The summed E-state index contributed by atoms with van der Waals surface area (Å²) in [5.41, 5.74) is 6.49. The molecule has 274 valence electrons. The van der Waals surface area contributed by atoms with Crippen LogP contribution in [0.2, 0.25) is 0 Å². The van der Waals surface area contributed by atoms with Gasteiger partial charge in [0.05, 0.1) is 12.6 Å². The average molecular weight is 751 g/mol. The first-order chi connectivity index (χ1) is 23.3. The number of fused-ring (bicyclic) bond motifs is 1. The van der Waals surface area contributed by atoms with Gasteiger partial charge in [0.1, 0.15) is 36.4 Å². The number of halogens is 3. The van der Waals surface area contributed by atoms with Crippen LogP contribution in [0.4, 0.5) is 18.3 Å². The number of nitrogens with two attached hydrogens (primary N) is 1. The number of aryl methyl sites for hydroxylation is 1. The van der Waals surface area contributed by atoms with E-state index >= 15 is 0 Å². The van der Waals surface area contributed by atoms with Crippen LogP contribution in [0.3, 0.4) is 0 Å². The summed E-state index contributed by atoms with van der Waals surface area (Å²) in [6.45, 7) is 4.91. The van der Waals surface area contributed by atoms with Crippen molar-refractivity contribution >= 4 is 56.0 Å². The van der Waals surface area contributed by atoms with E-state index in [-0.39, 0.29) is 29.8 Å². The van der Waals surface area contributed by atoms with Crippen LogP contribution in [0.5, 0.6) is 5.75 Å². The zero-order valence-electron chi connectivity index (χ0n) is 26.7. The number of oxime groups is 1. The number of rotatable bonds is 11. The summed E-state index contributed by atoms with van der Waals surface area (Å²) in [5.74, 6) is -3.46. The van der Waals surface area contributed by atoms with Gasteiger partial charge in [-0.1, -0.05) is 5.16 Å². The van der Waals surface area contributed by atoms with Crippen molar-refractivity contribution in [1.29, 1.82) is 0 Å². The normalized spacial score (nSPS) is 19.3. The van der Waals surface area contributed by atoms with Crippen LogP contribution in [0, 0.1) is 0 Å². The molecule has 2 aliphatic heterocycles. The molecule has 5 rings (SSSR count). The number of ether oxygens (including phenoxy) is 1. The van der Waals surface area contributed by atoms with Gasteiger partial charge in [0.2, 0.25) is 10.4 Å². The number of pyridine rings is 1. The number of imidazole rings is 1. The Labute approximate surface area is 286 Å². The van der Waals surface area contributed by atoms with Gasteiger partial charge in [0, 0.05) is 23.9 Å². The average Bonchev–Trinajstić information content (AvgIpc) is 3.62. The number of alkyl halides is 3. The molecule has 0 bridgehead atoms. The van der Waals surface area contributed by atoms with Crippen LogP contribution in [0.25, 0.3) is 5.65 Å². The van der Waals surface area contributed by atoms with E-state index < -0.39 is 45.9 Å². The molecular formula is C27H33F3N8O10S2. The van der Waals surface area contributed by atoms with Crippen molar-refractivity contribution in [2.75, 3.05) is 32.0 Å². The Hall–Kier alpha value is -4.58. The summed E-state index contributed by atoms with van der Waals surface area (Å²) in [6, 6.07) is 2.62. The lowest BCUT2D eigenvalue weighted by molar-refractivity contribution is -0.511. The Bertz CT molecular complexity index is 1870. The van der Waals surface area contributed by atoms with Crippen molar-refractivity contribution in [2.45, 2.75) is 50.4 Å². The number of amides is 2. The monoisotopic (exact) mass is 750 g/mol. The van der Waals surface area contributed by atoms with E-state index in [1.54, 1.807) is 0 Å². The van der Waals surface area contributed by atoms with Crippen LogP contribution >= 0.6 is 11.3 Å². The highest BCUT2D eigenvalue weighted by molar-refractivity contribution is 7.80. The molecule has 2 amide bonds. The van der Waals surface area contributed by atoms with E-state index in [1.165, 1.54) is 24.9 Å².